The van der Waals surface area contributed by atoms with Crippen LogP contribution in [0.4, 0.5) is 11.4 Å². The van der Waals surface area contributed by atoms with Gasteiger partial charge < -0.3 is 15.0 Å². The molecule has 5 heteroatoms. The lowest BCUT2D eigenvalue weighted by Gasteiger charge is -2.18. The molecule has 2 aromatic rings. The lowest BCUT2D eigenvalue weighted by atomic mass is 10.1. The van der Waals surface area contributed by atoms with Gasteiger partial charge >= 0.3 is 0 Å². The van der Waals surface area contributed by atoms with Gasteiger partial charge in [-0.15, -0.1) is 0 Å². The third kappa shape index (κ3) is 3.55. The number of carbonyl (C=O) groups is 1. The van der Waals surface area contributed by atoms with Crippen molar-refractivity contribution in [1.29, 1.82) is 5.26 Å². The number of nitrogens with one attached hydrogen (secondary N) is 1. The van der Waals surface area contributed by atoms with Crippen molar-refractivity contribution >= 4 is 17.3 Å². The van der Waals surface area contributed by atoms with Gasteiger partial charge in [-0.05, 0) is 48.9 Å². The van der Waals surface area contributed by atoms with Crippen molar-refractivity contribution in [3.05, 3.63) is 59.7 Å². The highest BCUT2D eigenvalue weighted by molar-refractivity contribution is 6.04. The molecule has 1 saturated heterocycles. The van der Waals surface area contributed by atoms with E-state index < -0.39 is 0 Å². The Hall–Kier alpha value is -2.84. The SMILES string of the molecule is COC1CCN(c2ccc(NC(=O)c3cccc(C#N)c3)cc2)C1. The topological polar surface area (TPSA) is 65.4 Å². The average Bonchev–Trinajstić information content (AvgIpc) is 3.11. The lowest BCUT2D eigenvalue weighted by molar-refractivity contribution is 0.102. The van der Waals surface area contributed by atoms with Gasteiger partial charge in [0.2, 0.25) is 0 Å². The highest BCUT2D eigenvalue weighted by atomic mass is 16.5. The minimum Gasteiger partial charge on any atom is -0.380 e. The Labute approximate surface area is 141 Å². The third-order valence-electron chi connectivity index (χ3n) is 4.22. The fraction of sp³-hybridized carbons (Fsp3) is 0.263. The molecule has 5 nitrogen and oxygen atoms in total. The number of carbonyl (C=O) groups excluding carboxylic acids is 1. The Morgan fingerprint density at radius 1 is 1.29 bits per heavy atom. The minimum absolute atomic E-state index is 0.222. The summed E-state index contributed by atoms with van der Waals surface area (Å²) >= 11 is 0. The maximum atomic E-state index is 12.3. The number of ether oxygens (including phenoxy) is 1. The van der Waals surface area contributed by atoms with Crippen LogP contribution < -0.4 is 10.2 Å². The summed E-state index contributed by atoms with van der Waals surface area (Å²) in [7, 11) is 1.74. The zero-order valence-corrected chi connectivity index (χ0v) is 13.5. The highest BCUT2D eigenvalue weighted by Gasteiger charge is 2.22. The molecule has 1 amide bonds. The fourth-order valence-corrected chi connectivity index (χ4v) is 2.84. The van der Waals surface area contributed by atoms with E-state index in [1.807, 2.05) is 30.3 Å². The van der Waals surface area contributed by atoms with Crippen LogP contribution in [0, 0.1) is 11.3 Å². The molecule has 0 bridgehead atoms. The molecule has 3 rings (SSSR count). The van der Waals surface area contributed by atoms with Crippen LogP contribution in [0.25, 0.3) is 0 Å². The second-order valence-corrected chi connectivity index (χ2v) is 5.79. The van der Waals surface area contributed by atoms with E-state index in [4.69, 9.17) is 10.00 Å². The first kappa shape index (κ1) is 16.0. The molecule has 0 spiro atoms. The normalized spacial score (nSPS) is 16.7. The van der Waals surface area contributed by atoms with Crippen molar-refractivity contribution in [2.24, 2.45) is 0 Å². The van der Waals surface area contributed by atoms with E-state index in [0.29, 0.717) is 11.1 Å². The average molecular weight is 321 g/mol. The maximum Gasteiger partial charge on any atom is 0.255 e. The Morgan fingerprint density at radius 3 is 2.75 bits per heavy atom. The first-order chi connectivity index (χ1) is 11.7. The number of hydrogen-bond acceptors (Lipinski definition) is 4. The molecule has 0 aliphatic carbocycles. The molecule has 122 valence electrons. The zero-order valence-electron chi connectivity index (χ0n) is 13.5. The van der Waals surface area contributed by atoms with Gasteiger partial charge in [0.05, 0.1) is 17.7 Å². The highest BCUT2D eigenvalue weighted by Crippen LogP contribution is 2.23. The predicted molar refractivity (Wildman–Crippen MR) is 93.2 cm³/mol. The molecule has 1 fully saturated rings. The molecule has 0 radical (unpaired) electrons. The van der Waals surface area contributed by atoms with Gasteiger partial charge in [0.25, 0.3) is 5.91 Å². The van der Waals surface area contributed by atoms with E-state index in [1.54, 1.807) is 31.4 Å². The van der Waals surface area contributed by atoms with E-state index >= 15 is 0 Å². The summed E-state index contributed by atoms with van der Waals surface area (Å²) < 4.78 is 5.39. The molecule has 0 aromatic heterocycles. The van der Waals surface area contributed by atoms with Crippen molar-refractivity contribution in [1.82, 2.24) is 0 Å². The molecule has 24 heavy (non-hydrogen) atoms. The van der Waals surface area contributed by atoms with Gasteiger partial charge in [0.15, 0.2) is 0 Å². The van der Waals surface area contributed by atoms with Crippen molar-refractivity contribution in [2.45, 2.75) is 12.5 Å². The maximum absolute atomic E-state index is 12.3. The van der Waals surface area contributed by atoms with E-state index in [0.717, 1.165) is 30.9 Å². The fourth-order valence-electron chi connectivity index (χ4n) is 2.84. The van der Waals surface area contributed by atoms with Crippen molar-refractivity contribution in [2.75, 3.05) is 30.4 Å². The number of anilines is 2. The Morgan fingerprint density at radius 2 is 2.08 bits per heavy atom. The summed E-state index contributed by atoms with van der Waals surface area (Å²) in [6, 6.07) is 16.5. The number of methoxy groups -OCH3 is 1. The number of benzene rings is 2. The van der Waals surface area contributed by atoms with Crippen LogP contribution in [0.3, 0.4) is 0 Å². The van der Waals surface area contributed by atoms with Crippen molar-refractivity contribution in [3.8, 4) is 6.07 Å². The van der Waals surface area contributed by atoms with Gasteiger partial charge in [0, 0.05) is 37.1 Å². The Balaban J connectivity index is 1.66. The largest absolute Gasteiger partial charge is 0.380 e. The molecule has 1 aliphatic heterocycles. The minimum atomic E-state index is -0.222. The molecule has 1 unspecified atom stereocenters. The lowest BCUT2D eigenvalue weighted by Crippen LogP contribution is -2.22. The number of nitriles is 1. The van der Waals surface area contributed by atoms with Gasteiger partial charge in [-0.3, -0.25) is 4.79 Å². The van der Waals surface area contributed by atoms with E-state index in [-0.39, 0.29) is 12.0 Å². The quantitative estimate of drug-likeness (QED) is 0.940. The monoisotopic (exact) mass is 321 g/mol. The Bertz CT molecular complexity index is 765. The number of nitrogens with zero attached hydrogens (tertiary/aromatic N) is 2. The molecule has 0 saturated carbocycles. The van der Waals surface area contributed by atoms with E-state index in [1.165, 1.54) is 0 Å². The van der Waals surface area contributed by atoms with Crippen LogP contribution >= 0.6 is 0 Å². The molecule has 1 aliphatic rings. The third-order valence-corrected chi connectivity index (χ3v) is 4.22. The van der Waals surface area contributed by atoms with Crippen LogP contribution in [0.15, 0.2) is 48.5 Å². The molecule has 1 atom stereocenters. The summed E-state index contributed by atoms with van der Waals surface area (Å²) in [4.78, 5) is 14.5. The number of amides is 1. The summed E-state index contributed by atoms with van der Waals surface area (Å²) in [5.74, 6) is -0.222. The second kappa shape index (κ2) is 7.16. The molecular formula is C19H19N3O2. The predicted octanol–water partition coefficient (Wildman–Crippen LogP) is 3.04. The van der Waals surface area contributed by atoms with Crippen LogP contribution in [0.1, 0.15) is 22.3 Å². The summed E-state index contributed by atoms with van der Waals surface area (Å²) in [6.45, 7) is 1.87. The van der Waals surface area contributed by atoms with E-state index in [9.17, 15) is 4.79 Å². The van der Waals surface area contributed by atoms with Crippen LogP contribution in [0.2, 0.25) is 0 Å². The summed E-state index contributed by atoms with van der Waals surface area (Å²) in [5.41, 5.74) is 2.80. The number of rotatable bonds is 4. The molecule has 2 aromatic carbocycles. The smallest absolute Gasteiger partial charge is 0.255 e. The van der Waals surface area contributed by atoms with Crippen LogP contribution in [-0.2, 0) is 4.74 Å². The first-order valence-electron chi connectivity index (χ1n) is 7.89. The molecular weight excluding hydrogens is 302 g/mol. The van der Waals surface area contributed by atoms with Crippen molar-refractivity contribution < 1.29 is 9.53 Å². The zero-order chi connectivity index (χ0) is 16.9. The molecule has 1 N–H and O–H groups in total. The summed E-state index contributed by atoms with van der Waals surface area (Å²) in [6.07, 6.45) is 1.32. The number of hydrogen-bond donors (Lipinski definition) is 1. The van der Waals surface area contributed by atoms with Crippen molar-refractivity contribution in [3.63, 3.8) is 0 Å². The van der Waals surface area contributed by atoms with Gasteiger partial charge in [-0.1, -0.05) is 6.07 Å². The standard InChI is InChI=1S/C19H19N3O2/c1-24-18-9-10-22(13-18)17-7-5-16(6-8-17)21-19(23)15-4-2-3-14(11-15)12-20/h2-8,11,18H,9-10,13H2,1H3,(H,21,23). The van der Waals surface area contributed by atoms with Gasteiger partial charge in [0.1, 0.15) is 0 Å². The second-order valence-electron chi connectivity index (χ2n) is 5.79. The summed E-state index contributed by atoms with van der Waals surface area (Å²) in [5, 5.41) is 11.8. The van der Waals surface area contributed by atoms with Crippen LogP contribution in [0.5, 0.6) is 0 Å². The van der Waals surface area contributed by atoms with E-state index in [2.05, 4.69) is 10.2 Å². The van der Waals surface area contributed by atoms with Gasteiger partial charge in [-0.2, -0.15) is 5.26 Å². The van der Waals surface area contributed by atoms with Gasteiger partial charge in [-0.25, -0.2) is 0 Å². The molecule has 1 heterocycles. The van der Waals surface area contributed by atoms with Crippen LogP contribution in [-0.4, -0.2) is 32.2 Å². The Kier molecular flexibility index (Phi) is 4.78. The first-order valence-corrected chi connectivity index (χ1v) is 7.89.